The van der Waals surface area contributed by atoms with Gasteiger partial charge in [-0.25, -0.2) is 14.6 Å². The summed E-state index contributed by atoms with van der Waals surface area (Å²) in [6.07, 6.45) is -0.498. The first-order valence-corrected chi connectivity index (χ1v) is 11.3. The van der Waals surface area contributed by atoms with Crippen molar-refractivity contribution in [2.24, 2.45) is 0 Å². The van der Waals surface area contributed by atoms with Gasteiger partial charge in [0, 0.05) is 16.5 Å². The van der Waals surface area contributed by atoms with Crippen molar-refractivity contribution in [1.82, 2.24) is 25.0 Å². The van der Waals surface area contributed by atoms with Crippen LogP contribution in [0.1, 0.15) is 11.7 Å². The summed E-state index contributed by atoms with van der Waals surface area (Å²) in [6.45, 7) is -0.475. The number of nitriles is 1. The van der Waals surface area contributed by atoms with Crippen LogP contribution in [-0.4, -0.2) is 70.6 Å². The molecule has 1 aliphatic rings. The second-order valence-electron chi connectivity index (χ2n) is 6.49. The summed E-state index contributed by atoms with van der Waals surface area (Å²) in [7, 11) is 0. The molecule has 162 valence electrons. The second kappa shape index (κ2) is 9.35. The normalized spacial score (nSPS) is 26.0. The van der Waals surface area contributed by atoms with Gasteiger partial charge in [0.2, 0.25) is 0 Å². The first kappa shape index (κ1) is 22.4. The Morgan fingerprint density at radius 1 is 1.32 bits per heavy atom. The summed E-state index contributed by atoms with van der Waals surface area (Å²) in [5, 5.41) is 51.0. The summed E-state index contributed by atoms with van der Waals surface area (Å²) >= 11 is 14.3. The van der Waals surface area contributed by atoms with Gasteiger partial charge in [0.05, 0.1) is 17.8 Å². The molecule has 3 aromatic heterocycles. The summed E-state index contributed by atoms with van der Waals surface area (Å²) in [5.41, 5.74) is -0.385. The Kier molecular flexibility index (Phi) is 6.75. The van der Waals surface area contributed by atoms with Gasteiger partial charge in [0.1, 0.15) is 51.7 Å². The highest BCUT2D eigenvalue weighted by Crippen LogP contribution is 2.38. The zero-order valence-electron chi connectivity index (χ0n) is 15.4. The number of halogens is 2. The lowest BCUT2D eigenvalue weighted by Crippen LogP contribution is -2.55. The van der Waals surface area contributed by atoms with Crippen molar-refractivity contribution in [3.05, 3.63) is 39.7 Å². The lowest BCUT2D eigenvalue weighted by atomic mass is 9.97. The molecule has 0 bridgehead atoms. The van der Waals surface area contributed by atoms with Gasteiger partial charge in [-0.05, 0) is 6.07 Å². The minimum absolute atomic E-state index is 0.0788. The number of hydrogen-bond donors (Lipinski definition) is 3. The fourth-order valence-electron chi connectivity index (χ4n) is 3.07. The van der Waals surface area contributed by atoms with Crippen LogP contribution < -0.4 is 0 Å². The van der Waals surface area contributed by atoms with Crippen molar-refractivity contribution in [3.63, 3.8) is 0 Å². The lowest BCUT2D eigenvalue weighted by Gasteiger charge is -2.41. The first-order valence-electron chi connectivity index (χ1n) is 8.79. The van der Waals surface area contributed by atoms with Crippen LogP contribution in [0.3, 0.4) is 0 Å². The highest BCUT2D eigenvalue weighted by Gasteiger charge is 2.46. The van der Waals surface area contributed by atoms with Crippen LogP contribution in [0.15, 0.2) is 28.7 Å². The molecule has 0 aliphatic carbocycles. The average Bonchev–Trinajstić information content (AvgIpc) is 3.39. The van der Waals surface area contributed by atoms with Gasteiger partial charge < -0.3 is 20.1 Å². The number of ether oxygens (including phenoxy) is 1. The van der Waals surface area contributed by atoms with E-state index in [0.29, 0.717) is 20.8 Å². The fourth-order valence-corrected chi connectivity index (χ4v) is 5.31. The predicted molar refractivity (Wildman–Crippen MR) is 113 cm³/mol. The van der Waals surface area contributed by atoms with Crippen molar-refractivity contribution in [2.45, 2.75) is 34.7 Å². The molecule has 31 heavy (non-hydrogen) atoms. The van der Waals surface area contributed by atoms with E-state index in [1.54, 1.807) is 5.38 Å². The Balaban J connectivity index is 1.60. The zero-order chi connectivity index (χ0) is 22.1. The third kappa shape index (κ3) is 4.55. The van der Waals surface area contributed by atoms with Gasteiger partial charge in [-0.15, -0.1) is 16.4 Å². The van der Waals surface area contributed by atoms with E-state index < -0.39 is 36.4 Å². The summed E-state index contributed by atoms with van der Waals surface area (Å²) in [6, 6.07) is 2.45. The highest BCUT2D eigenvalue weighted by molar-refractivity contribution is 7.99. The number of aromatic nitrogens is 5. The van der Waals surface area contributed by atoms with Gasteiger partial charge in [-0.3, -0.25) is 0 Å². The number of hydrogen-bond acceptors (Lipinski definition) is 11. The summed E-state index contributed by atoms with van der Waals surface area (Å²) < 4.78 is 7.02. The molecular formula is C17H14Cl2N6O4S2. The topological polar surface area (TPSA) is 150 Å². The SMILES string of the molecule is N#Cc1ncc(S[C@H]2OC(CO)[C@H](O)[C@H](n3cc(-c4nc(Cl)cs4)nn3)C2O)cc1Cl. The highest BCUT2D eigenvalue weighted by atomic mass is 35.5. The average molecular weight is 501 g/mol. The second-order valence-corrected chi connectivity index (χ2v) is 9.31. The molecule has 0 aromatic carbocycles. The van der Waals surface area contributed by atoms with Crippen molar-refractivity contribution in [3.8, 4) is 16.8 Å². The van der Waals surface area contributed by atoms with Crippen molar-refractivity contribution in [2.75, 3.05) is 6.61 Å². The number of thiazole rings is 1. The number of rotatable bonds is 5. The molecule has 10 nitrogen and oxygen atoms in total. The molecule has 4 heterocycles. The molecule has 1 aliphatic heterocycles. The maximum absolute atomic E-state index is 11.0. The quantitative estimate of drug-likeness (QED) is 0.472. The Morgan fingerprint density at radius 2 is 2.13 bits per heavy atom. The van der Waals surface area contributed by atoms with E-state index in [1.165, 1.54) is 34.5 Å². The van der Waals surface area contributed by atoms with E-state index in [9.17, 15) is 15.3 Å². The third-order valence-electron chi connectivity index (χ3n) is 4.53. The molecule has 3 aromatic rings. The largest absolute Gasteiger partial charge is 0.394 e. The molecule has 0 spiro atoms. The van der Waals surface area contributed by atoms with E-state index in [4.69, 9.17) is 33.2 Å². The van der Waals surface area contributed by atoms with Crippen LogP contribution in [0.5, 0.6) is 0 Å². The number of aliphatic hydroxyl groups is 3. The molecule has 14 heteroatoms. The van der Waals surface area contributed by atoms with E-state index in [1.807, 2.05) is 6.07 Å². The molecular weight excluding hydrogens is 487 g/mol. The molecule has 0 saturated carbocycles. The first-order chi connectivity index (χ1) is 14.9. The van der Waals surface area contributed by atoms with Gasteiger partial charge in [0.15, 0.2) is 5.69 Å². The Labute approximate surface area is 194 Å². The maximum atomic E-state index is 11.0. The fraction of sp³-hybridized carbons (Fsp3) is 0.353. The van der Waals surface area contributed by atoms with Crippen LogP contribution in [-0.2, 0) is 4.74 Å². The van der Waals surface area contributed by atoms with E-state index in [0.717, 1.165) is 11.8 Å². The molecule has 0 radical (unpaired) electrons. The van der Waals surface area contributed by atoms with Gasteiger partial charge in [0.25, 0.3) is 0 Å². The number of thioether (sulfide) groups is 1. The van der Waals surface area contributed by atoms with E-state index in [-0.39, 0.29) is 10.7 Å². The van der Waals surface area contributed by atoms with Crippen molar-refractivity contribution >= 4 is 46.3 Å². The Bertz CT molecular complexity index is 1120. The van der Waals surface area contributed by atoms with Crippen molar-refractivity contribution in [1.29, 1.82) is 5.26 Å². The number of aliphatic hydroxyl groups excluding tert-OH is 3. The molecule has 5 atom stereocenters. The minimum Gasteiger partial charge on any atom is -0.394 e. The molecule has 2 unspecified atom stereocenters. The monoisotopic (exact) mass is 500 g/mol. The minimum atomic E-state index is -1.26. The third-order valence-corrected chi connectivity index (χ3v) is 7.13. The standard InChI is InChI=1S/C17H14Cl2N6O4S2/c18-8-1-7(3-21-9(8)2-20)31-17-15(28)13(14(27)11(5-26)29-17)25-4-10(23-24-25)16-22-12(19)6-30-16/h1,3-4,6,11,13-15,17,26-28H,5H2/t11?,13-,14-,15?,17+/m0/s1. The van der Waals surface area contributed by atoms with Crippen LogP contribution in [0, 0.1) is 11.3 Å². The Morgan fingerprint density at radius 3 is 2.77 bits per heavy atom. The Hall–Kier alpha value is -1.82. The van der Waals surface area contributed by atoms with Gasteiger partial charge in [-0.2, -0.15) is 5.26 Å². The van der Waals surface area contributed by atoms with Crippen LogP contribution >= 0.6 is 46.3 Å². The lowest BCUT2D eigenvalue weighted by molar-refractivity contribution is -0.178. The summed E-state index contributed by atoms with van der Waals surface area (Å²) in [5.74, 6) is 0. The molecule has 4 rings (SSSR count). The van der Waals surface area contributed by atoms with E-state index >= 15 is 0 Å². The molecule has 0 amide bonds. The van der Waals surface area contributed by atoms with Crippen molar-refractivity contribution < 1.29 is 20.1 Å². The van der Waals surface area contributed by atoms with Crippen LogP contribution in [0.25, 0.3) is 10.7 Å². The predicted octanol–water partition coefficient (Wildman–Crippen LogP) is 1.75. The zero-order valence-corrected chi connectivity index (χ0v) is 18.6. The van der Waals surface area contributed by atoms with Crippen LogP contribution in [0.4, 0.5) is 0 Å². The van der Waals surface area contributed by atoms with Gasteiger partial charge in [-0.1, -0.05) is 40.2 Å². The molecule has 3 N–H and O–H groups in total. The maximum Gasteiger partial charge on any atom is 0.159 e. The van der Waals surface area contributed by atoms with E-state index in [2.05, 4.69) is 20.3 Å². The van der Waals surface area contributed by atoms with Gasteiger partial charge >= 0.3 is 0 Å². The molecule has 1 fully saturated rings. The summed E-state index contributed by atoms with van der Waals surface area (Å²) in [4.78, 5) is 8.64. The smallest absolute Gasteiger partial charge is 0.159 e. The molecule has 1 saturated heterocycles. The van der Waals surface area contributed by atoms with Crippen LogP contribution in [0.2, 0.25) is 10.2 Å². The number of pyridine rings is 1. The number of nitrogens with zero attached hydrogens (tertiary/aromatic N) is 6.